The second-order valence-electron chi connectivity index (χ2n) is 19.0. The summed E-state index contributed by atoms with van der Waals surface area (Å²) in [7, 11) is 4.34. The van der Waals surface area contributed by atoms with Crippen LogP contribution in [0.25, 0.3) is 63.3 Å². The number of hydrogen-bond acceptors (Lipinski definition) is 7. The van der Waals surface area contributed by atoms with Crippen LogP contribution in [-0.4, -0.2) is 20.9 Å². The van der Waals surface area contributed by atoms with Crippen LogP contribution in [0.15, 0.2) is 95.4 Å². The summed E-state index contributed by atoms with van der Waals surface area (Å²) in [6.07, 6.45) is 2.56. The molecule has 1 radical (unpaired) electrons. The fourth-order valence-electron chi connectivity index (χ4n) is 11.4. The maximum atomic E-state index is 4.94. The molecule has 0 saturated carbocycles. The summed E-state index contributed by atoms with van der Waals surface area (Å²) >= 11 is 18.1. The molecule has 1 saturated heterocycles. The number of thiophene rings is 4. The normalized spacial score (nSPS) is 17.5. The SMILES string of the molecule is C1CCOC1.CC1(C)c2cc(Br)sc2-c2ccc3c4c(ccc3c21)-c1sc(Br)cc1C4(C)C.CC1(C)c2ccsc2-c2ccc3c4c(ccc3c21)-c1sccc1C4(C)C.[B]=NS. The predicted octanol–water partition coefficient (Wildman–Crippen LogP) is 17.7. The molecule has 2 nitrogen and oxygen atoms in total. The van der Waals surface area contributed by atoms with Crippen LogP contribution in [0.5, 0.6) is 0 Å². The van der Waals surface area contributed by atoms with E-state index < -0.39 is 0 Å². The fraction of sp³-hybridized carbons (Fsp3) is 0.308. The van der Waals surface area contributed by atoms with Gasteiger partial charge in [0.05, 0.1) is 7.57 Å². The number of benzene rings is 4. The van der Waals surface area contributed by atoms with Crippen LogP contribution in [0.4, 0.5) is 0 Å². The summed E-state index contributed by atoms with van der Waals surface area (Å²) in [5.74, 6) is 0. The first-order valence-corrected chi connectivity index (χ1v) is 26.5. The van der Waals surface area contributed by atoms with E-state index in [9.17, 15) is 0 Å². The summed E-state index contributed by atoms with van der Waals surface area (Å²) < 4.78 is 10.1. The molecule has 1 fully saturated rings. The molecular weight excluding hydrogens is 986 g/mol. The number of rotatable bonds is 0. The van der Waals surface area contributed by atoms with Gasteiger partial charge in [0.2, 0.25) is 0 Å². The van der Waals surface area contributed by atoms with Gasteiger partial charge in [-0.05, 0) is 168 Å². The van der Waals surface area contributed by atoms with Crippen molar-refractivity contribution in [3.8, 4) is 41.8 Å². The molecule has 4 aromatic heterocycles. The van der Waals surface area contributed by atoms with Gasteiger partial charge in [-0.2, -0.15) is 0 Å². The van der Waals surface area contributed by atoms with E-state index >= 15 is 0 Å². The minimum atomic E-state index is 0.0253. The Morgan fingerprint density at radius 1 is 0.500 bits per heavy atom. The molecule has 1 aliphatic heterocycles. The van der Waals surface area contributed by atoms with E-state index in [1.54, 1.807) is 0 Å². The summed E-state index contributed by atoms with van der Waals surface area (Å²) in [5.41, 5.74) is 17.8. The zero-order valence-corrected chi connectivity index (χ0v) is 43.5. The Bertz CT molecular complexity index is 2930. The molecule has 0 N–H and O–H groups in total. The maximum absolute atomic E-state index is 4.94. The summed E-state index contributed by atoms with van der Waals surface area (Å²) in [6.45, 7) is 21.1. The molecule has 4 aliphatic carbocycles. The number of thiol groups is 1. The van der Waals surface area contributed by atoms with E-state index in [-0.39, 0.29) is 21.7 Å². The Morgan fingerprint density at radius 3 is 1.11 bits per heavy atom. The molecule has 4 aromatic carbocycles. The third kappa shape index (κ3) is 6.27. The van der Waals surface area contributed by atoms with Gasteiger partial charge >= 0.3 is 24.8 Å². The van der Waals surface area contributed by atoms with Crippen LogP contribution < -0.4 is 0 Å². The monoisotopic (exact) mass is 1030 g/mol. The Morgan fingerprint density at radius 2 is 0.806 bits per heavy atom. The average Bonchev–Trinajstić information content (AvgIpc) is 4.09. The fourth-order valence-corrected chi connectivity index (χ4v) is 17.1. The van der Waals surface area contributed by atoms with Crippen molar-refractivity contribution in [2.24, 2.45) is 4.30 Å². The predicted molar refractivity (Wildman–Crippen MR) is 282 cm³/mol. The van der Waals surface area contributed by atoms with E-state index in [4.69, 9.17) is 4.74 Å². The van der Waals surface area contributed by atoms with E-state index in [0.717, 1.165) is 13.2 Å². The number of ether oxygens (including phenoxy) is 1. The molecule has 313 valence electrons. The van der Waals surface area contributed by atoms with Crippen LogP contribution in [0.3, 0.4) is 0 Å². The van der Waals surface area contributed by atoms with Crippen molar-refractivity contribution in [2.75, 3.05) is 13.2 Å². The van der Waals surface area contributed by atoms with E-state index in [0.29, 0.717) is 0 Å². The van der Waals surface area contributed by atoms with Gasteiger partial charge in [-0.25, -0.2) is 0 Å². The summed E-state index contributed by atoms with van der Waals surface area (Å²) in [6, 6.07) is 28.3. The molecule has 0 unspecified atom stereocenters. The number of nitrogens with zero attached hydrogens (tertiary/aromatic N) is 1. The zero-order chi connectivity index (χ0) is 43.7. The zero-order valence-electron chi connectivity index (χ0n) is 36.2. The van der Waals surface area contributed by atoms with Gasteiger partial charge in [0.25, 0.3) is 0 Å². The minimum absolute atomic E-state index is 0.0253. The standard InChI is InChI=1S/C24H18Br2S2.C24H20S2.C4H8O.BHNS/c1-23(2)15-9-17(25)27-21(15)13-7-6-12-11(19(13)23)5-8-14-20(12)24(3,4)16-10-18(26)28-22(14)16;1-23(2)17-9-11-25-21(17)15-7-6-14-13(19(15)23)5-8-16-20(14)24(3,4)18-10-12-26-22(16)18;1-2-4-5-3-1;1-2-3/h5-10H,1-4H3;5-12H,1-4H3;1-4H2;3H. The number of halogens is 2. The Hall–Kier alpha value is -2.67. The van der Waals surface area contributed by atoms with Crippen molar-refractivity contribution in [2.45, 2.75) is 89.9 Å². The first-order valence-electron chi connectivity index (χ1n) is 21.2. The molecule has 0 bridgehead atoms. The van der Waals surface area contributed by atoms with Crippen molar-refractivity contribution < 1.29 is 4.74 Å². The second kappa shape index (κ2) is 15.5. The molecule has 0 amide bonds. The van der Waals surface area contributed by atoms with E-state index in [1.165, 1.54) is 128 Å². The van der Waals surface area contributed by atoms with Crippen LogP contribution in [0.2, 0.25) is 0 Å². The molecule has 62 heavy (non-hydrogen) atoms. The van der Waals surface area contributed by atoms with Gasteiger partial charge < -0.3 is 4.74 Å². The van der Waals surface area contributed by atoms with Gasteiger partial charge in [0.15, 0.2) is 0 Å². The van der Waals surface area contributed by atoms with Gasteiger partial charge in [0.1, 0.15) is 0 Å². The molecule has 10 heteroatoms. The molecule has 0 atom stereocenters. The molecule has 13 rings (SSSR count). The van der Waals surface area contributed by atoms with Gasteiger partial charge in [-0.15, -0.1) is 45.3 Å². The van der Waals surface area contributed by atoms with Gasteiger partial charge in [0, 0.05) is 54.4 Å². The molecule has 5 aliphatic rings. The third-order valence-corrected chi connectivity index (χ3v) is 19.4. The molecule has 5 heterocycles. The van der Waals surface area contributed by atoms with Crippen LogP contribution in [0, 0.1) is 0 Å². The van der Waals surface area contributed by atoms with Crippen LogP contribution in [0.1, 0.15) is 113 Å². The molecule has 8 aromatic rings. The van der Waals surface area contributed by atoms with Crippen molar-refractivity contribution in [3.05, 3.63) is 136 Å². The average molecular weight is 1030 g/mol. The summed E-state index contributed by atoms with van der Waals surface area (Å²) in [4.78, 5) is 5.78. The summed E-state index contributed by atoms with van der Waals surface area (Å²) in [5, 5.41) is 10.2. The molecular formula is C52H47BBr2NOS5. The molecule has 0 spiro atoms. The van der Waals surface area contributed by atoms with Crippen molar-refractivity contribution in [1.29, 1.82) is 0 Å². The van der Waals surface area contributed by atoms with Gasteiger partial charge in [-0.3, -0.25) is 0 Å². The number of fused-ring (bicyclic) bond motifs is 18. The van der Waals surface area contributed by atoms with Crippen LogP contribution in [-0.2, 0) is 26.4 Å². The first-order chi connectivity index (χ1) is 29.5. The quantitative estimate of drug-likeness (QED) is 0.119. The van der Waals surface area contributed by atoms with Crippen LogP contribution >= 0.6 is 90.0 Å². The second-order valence-corrected chi connectivity index (χ2v) is 25.9. The Balaban J connectivity index is 0.000000126. The first kappa shape index (κ1) is 43.2. The van der Waals surface area contributed by atoms with E-state index in [2.05, 4.69) is 196 Å². The topological polar surface area (TPSA) is 21.6 Å². The number of hydrogen-bond donors (Lipinski definition) is 1. The van der Waals surface area contributed by atoms with Crippen molar-refractivity contribution in [3.63, 3.8) is 0 Å². The van der Waals surface area contributed by atoms with Crippen molar-refractivity contribution >= 4 is 119 Å². The van der Waals surface area contributed by atoms with Crippen molar-refractivity contribution in [1.82, 2.24) is 0 Å². The third-order valence-electron chi connectivity index (χ3n) is 14.1. The Kier molecular flexibility index (Phi) is 10.8. The Labute approximate surface area is 405 Å². The van der Waals surface area contributed by atoms with E-state index in [1.807, 2.05) is 45.3 Å². The van der Waals surface area contributed by atoms with Gasteiger partial charge in [-0.1, -0.05) is 104 Å².